The van der Waals surface area contributed by atoms with Crippen molar-refractivity contribution in [2.75, 3.05) is 0 Å². The molecule has 0 aliphatic rings. The number of urea groups is 1. The number of carbonyl (C=O) groups excluding carboxylic acids is 1. The minimum Gasteiger partial charge on any atom is -0.255 e. The van der Waals surface area contributed by atoms with Gasteiger partial charge in [0.1, 0.15) is 0 Å². The van der Waals surface area contributed by atoms with Gasteiger partial charge in [0.05, 0.1) is 23.8 Å². The van der Waals surface area contributed by atoms with Gasteiger partial charge in [0.15, 0.2) is 0 Å². The molecule has 0 radical (unpaired) electrons. The molecule has 0 unspecified atom stereocenters. The minimum atomic E-state index is -0.552. The molecule has 2 aromatic rings. The molecule has 7 nitrogen and oxygen atoms in total. The molecule has 20 heavy (non-hydrogen) atoms. The molecule has 0 saturated heterocycles. The molecule has 0 spiro atoms. The van der Waals surface area contributed by atoms with Crippen molar-refractivity contribution < 1.29 is 4.79 Å². The summed E-state index contributed by atoms with van der Waals surface area (Å²) >= 11 is 0. The van der Waals surface area contributed by atoms with Crippen LogP contribution in [0.5, 0.6) is 0 Å². The van der Waals surface area contributed by atoms with Crippen molar-refractivity contribution in [1.29, 1.82) is 0 Å². The standard InChI is InChI=1S/C13H12N6O/c20-13(18-16-9-11-5-1-3-7-14-11)19-17-10-12-6-2-4-8-15-12/h1-10H,(H2,18,19,20)/b16-9-,17-10-. The zero-order valence-corrected chi connectivity index (χ0v) is 10.5. The maximum absolute atomic E-state index is 11.3. The molecule has 2 N–H and O–H groups in total. The molecule has 0 aromatic carbocycles. The average Bonchev–Trinajstić information content (AvgIpc) is 2.49. The third-order valence-electron chi connectivity index (χ3n) is 2.10. The van der Waals surface area contributed by atoms with E-state index in [0.717, 1.165) is 0 Å². The molecule has 7 heteroatoms. The van der Waals surface area contributed by atoms with Gasteiger partial charge in [-0.05, 0) is 24.3 Å². The summed E-state index contributed by atoms with van der Waals surface area (Å²) in [6, 6.07) is 10.2. The van der Waals surface area contributed by atoms with Crippen molar-refractivity contribution in [3.63, 3.8) is 0 Å². The van der Waals surface area contributed by atoms with Crippen LogP contribution in [0.4, 0.5) is 4.79 Å². The number of nitrogens with zero attached hydrogens (tertiary/aromatic N) is 4. The Bertz CT molecular complexity index is 543. The highest BCUT2D eigenvalue weighted by atomic mass is 16.2. The highest BCUT2D eigenvalue weighted by Gasteiger charge is 1.94. The van der Waals surface area contributed by atoms with Gasteiger partial charge in [0.2, 0.25) is 0 Å². The lowest BCUT2D eigenvalue weighted by Gasteiger charge is -1.97. The van der Waals surface area contributed by atoms with E-state index in [2.05, 4.69) is 31.0 Å². The first-order chi connectivity index (χ1) is 9.84. The van der Waals surface area contributed by atoms with Crippen molar-refractivity contribution in [3.8, 4) is 0 Å². The largest absolute Gasteiger partial charge is 0.355 e. The van der Waals surface area contributed by atoms with Gasteiger partial charge >= 0.3 is 6.03 Å². The molecule has 0 atom stereocenters. The van der Waals surface area contributed by atoms with E-state index in [0.29, 0.717) is 11.4 Å². The fraction of sp³-hybridized carbons (Fsp3) is 0. The number of hydrogen-bond acceptors (Lipinski definition) is 5. The Balaban J connectivity index is 1.76. The maximum atomic E-state index is 11.3. The van der Waals surface area contributed by atoms with Gasteiger partial charge < -0.3 is 0 Å². The first kappa shape index (κ1) is 13.3. The van der Waals surface area contributed by atoms with Crippen LogP contribution in [0, 0.1) is 0 Å². The summed E-state index contributed by atoms with van der Waals surface area (Å²) in [5.74, 6) is 0. The van der Waals surface area contributed by atoms with E-state index < -0.39 is 6.03 Å². The number of nitrogens with one attached hydrogen (secondary N) is 2. The van der Waals surface area contributed by atoms with Crippen molar-refractivity contribution in [1.82, 2.24) is 20.8 Å². The lowest BCUT2D eigenvalue weighted by Crippen LogP contribution is -2.28. The van der Waals surface area contributed by atoms with Crippen LogP contribution in [0.25, 0.3) is 0 Å². The molecule has 2 heterocycles. The van der Waals surface area contributed by atoms with Crippen molar-refractivity contribution in [2.24, 2.45) is 10.2 Å². The monoisotopic (exact) mass is 268 g/mol. The van der Waals surface area contributed by atoms with E-state index in [1.54, 1.807) is 36.7 Å². The van der Waals surface area contributed by atoms with E-state index in [9.17, 15) is 4.79 Å². The number of carbonyl (C=O) groups is 1. The second-order valence-electron chi connectivity index (χ2n) is 3.58. The second-order valence-corrected chi connectivity index (χ2v) is 3.58. The Hall–Kier alpha value is -3.09. The van der Waals surface area contributed by atoms with Crippen LogP contribution < -0.4 is 10.9 Å². The van der Waals surface area contributed by atoms with E-state index in [1.807, 2.05) is 12.1 Å². The van der Waals surface area contributed by atoms with Gasteiger partial charge in [-0.2, -0.15) is 10.2 Å². The van der Waals surface area contributed by atoms with Crippen molar-refractivity contribution in [3.05, 3.63) is 60.2 Å². The van der Waals surface area contributed by atoms with E-state index >= 15 is 0 Å². The smallest absolute Gasteiger partial charge is 0.255 e. The highest BCUT2D eigenvalue weighted by molar-refractivity contribution is 5.81. The zero-order valence-electron chi connectivity index (χ0n) is 10.5. The average molecular weight is 268 g/mol. The van der Waals surface area contributed by atoms with Crippen molar-refractivity contribution >= 4 is 18.5 Å². The summed E-state index contributed by atoms with van der Waals surface area (Å²) in [6.45, 7) is 0. The molecule has 0 fully saturated rings. The van der Waals surface area contributed by atoms with E-state index in [-0.39, 0.29) is 0 Å². The number of amides is 2. The Morgan fingerprint density at radius 2 is 1.40 bits per heavy atom. The van der Waals surface area contributed by atoms with Crippen LogP contribution >= 0.6 is 0 Å². The Kier molecular flexibility index (Phi) is 4.92. The molecule has 2 amide bonds. The lowest BCUT2D eigenvalue weighted by atomic mass is 10.4. The third kappa shape index (κ3) is 4.65. The summed E-state index contributed by atoms with van der Waals surface area (Å²) in [5.41, 5.74) is 5.81. The van der Waals surface area contributed by atoms with Gasteiger partial charge in [0.25, 0.3) is 0 Å². The highest BCUT2D eigenvalue weighted by Crippen LogP contribution is 1.88. The molecular weight excluding hydrogens is 256 g/mol. The Morgan fingerprint density at radius 1 is 0.900 bits per heavy atom. The quantitative estimate of drug-likeness (QED) is 0.643. The van der Waals surface area contributed by atoms with E-state index in [4.69, 9.17) is 0 Å². The van der Waals surface area contributed by atoms with Crippen LogP contribution in [-0.4, -0.2) is 28.4 Å². The van der Waals surface area contributed by atoms with Crippen LogP contribution in [0.15, 0.2) is 59.0 Å². The predicted molar refractivity (Wildman–Crippen MR) is 75.3 cm³/mol. The molecular formula is C13H12N6O. The number of hydrazone groups is 2. The maximum Gasteiger partial charge on any atom is 0.355 e. The molecule has 0 saturated carbocycles. The summed E-state index contributed by atoms with van der Waals surface area (Å²) in [5, 5.41) is 7.46. The number of aromatic nitrogens is 2. The summed E-state index contributed by atoms with van der Waals surface area (Å²) in [6.07, 6.45) is 6.14. The summed E-state index contributed by atoms with van der Waals surface area (Å²) in [7, 11) is 0. The second kappa shape index (κ2) is 7.37. The summed E-state index contributed by atoms with van der Waals surface area (Å²) in [4.78, 5) is 19.4. The van der Waals surface area contributed by atoms with Gasteiger partial charge in [-0.3, -0.25) is 9.97 Å². The fourth-order valence-corrected chi connectivity index (χ4v) is 1.24. The third-order valence-corrected chi connectivity index (χ3v) is 2.10. The SMILES string of the molecule is O=C(N/N=C\c1ccccn1)N/N=C\c1ccccn1. The summed E-state index contributed by atoms with van der Waals surface area (Å²) < 4.78 is 0. The molecule has 0 bridgehead atoms. The van der Waals surface area contributed by atoms with Crippen LogP contribution in [-0.2, 0) is 0 Å². The number of pyridine rings is 2. The molecule has 0 aliphatic carbocycles. The topological polar surface area (TPSA) is 91.6 Å². The molecule has 100 valence electrons. The fourth-order valence-electron chi connectivity index (χ4n) is 1.24. The van der Waals surface area contributed by atoms with Gasteiger partial charge in [-0.15, -0.1) is 0 Å². The Labute approximate surface area is 115 Å². The molecule has 2 rings (SSSR count). The van der Waals surface area contributed by atoms with Gasteiger partial charge in [0, 0.05) is 12.4 Å². The van der Waals surface area contributed by atoms with Crippen LogP contribution in [0.2, 0.25) is 0 Å². The van der Waals surface area contributed by atoms with E-state index in [1.165, 1.54) is 12.4 Å². The normalized spacial score (nSPS) is 10.8. The zero-order chi connectivity index (χ0) is 14.0. The Morgan fingerprint density at radius 3 is 1.80 bits per heavy atom. The molecule has 0 aliphatic heterocycles. The predicted octanol–water partition coefficient (Wildman–Crippen LogP) is 1.14. The first-order valence-electron chi connectivity index (χ1n) is 5.79. The van der Waals surface area contributed by atoms with Gasteiger partial charge in [-0.1, -0.05) is 12.1 Å². The number of rotatable bonds is 4. The van der Waals surface area contributed by atoms with Crippen LogP contribution in [0.1, 0.15) is 11.4 Å². The van der Waals surface area contributed by atoms with Gasteiger partial charge in [-0.25, -0.2) is 15.6 Å². The number of hydrogen-bond donors (Lipinski definition) is 2. The van der Waals surface area contributed by atoms with Crippen molar-refractivity contribution in [2.45, 2.75) is 0 Å². The van der Waals surface area contributed by atoms with Crippen LogP contribution in [0.3, 0.4) is 0 Å². The molecule has 2 aromatic heterocycles. The minimum absolute atomic E-state index is 0.552. The first-order valence-corrected chi connectivity index (χ1v) is 5.79. The lowest BCUT2D eigenvalue weighted by molar-refractivity contribution is 0.242.